The first-order valence-corrected chi connectivity index (χ1v) is 3.83. The van der Waals surface area contributed by atoms with Crippen LogP contribution in [0.25, 0.3) is 0 Å². The van der Waals surface area contributed by atoms with Crippen molar-refractivity contribution >= 4 is 18.9 Å². The maximum absolute atomic E-state index is 9.35. The highest BCUT2D eigenvalue weighted by atomic mass is 35.5. The molecule has 0 saturated carbocycles. The summed E-state index contributed by atoms with van der Waals surface area (Å²) < 4.78 is 15.0. The highest BCUT2D eigenvalue weighted by Gasteiger charge is 2.51. The molecule has 0 spiro atoms. The van der Waals surface area contributed by atoms with Crippen LogP contribution in [0.3, 0.4) is 0 Å². The number of halogens is 1. The number of fused-ring (bicyclic) bond motifs is 1. The van der Waals surface area contributed by atoms with Crippen molar-refractivity contribution in [2.75, 3.05) is 0 Å². The van der Waals surface area contributed by atoms with Gasteiger partial charge in [0.1, 0.15) is 5.02 Å². The highest BCUT2D eigenvalue weighted by Crippen LogP contribution is 2.60. The fraction of sp³-hybridized carbons (Fsp3) is 0. The Bertz CT molecular complexity index is 387. The first-order chi connectivity index (χ1) is 6.18. The molecule has 0 unspecified atom stereocenters. The van der Waals surface area contributed by atoms with Crippen LogP contribution in [-0.4, -0.2) is 17.5 Å². The van der Waals surface area contributed by atoms with Gasteiger partial charge in [-0.25, -0.2) is 0 Å². The van der Waals surface area contributed by atoms with E-state index in [-0.39, 0.29) is 22.3 Å². The number of hydrogen-bond donors (Lipinski definition) is 2. The minimum absolute atomic E-state index is 0.0675. The van der Waals surface area contributed by atoms with Gasteiger partial charge in [0.15, 0.2) is 23.0 Å². The Balaban J connectivity index is 2.42. The van der Waals surface area contributed by atoms with Crippen molar-refractivity contribution in [3.63, 3.8) is 0 Å². The van der Waals surface area contributed by atoms with E-state index in [0.29, 0.717) is 0 Å². The maximum Gasteiger partial charge on any atom is 0.864 e. The van der Waals surface area contributed by atoms with E-state index in [0.717, 1.165) is 0 Å². The molecule has 2 N–H and O–H groups in total. The molecule has 0 radical (unpaired) electrons. The second kappa shape index (κ2) is 1.90. The van der Waals surface area contributed by atoms with E-state index >= 15 is 0 Å². The van der Waals surface area contributed by atoms with Crippen LogP contribution in [0.1, 0.15) is 0 Å². The van der Waals surface area contributed by atoms with E-state index in [9.17, 15) is 10.2 Å². The summed E-state index contributed by atoms with van der Waals surface area (Å²) in [6.45, 7) is 0. The second-order valence-corrected chi connectivity index (χ2v) is 3.02. The molecular weight excluding hydrogens is 198 g/mol. The molecule has 0 saturated heterocycles. The Hall–Kier alpha value is -1.43. The minimum Gasteiger partial charge on any atom is -0.503 e. The quantitative estimate of drug-likeness (QED) is 0.481. The number of phenols is 2. The number of benzene rings is 1. The summed E-state index contributed by atoms with van der Waals surface area (Å²) in [5.41, 5.74) is 0. The van der Waals surface area contributed by atoms with Crippen molar-refractivity contribution in [1.82, 2.24) is 0 Å². The van der Waals surface area contributed by atoms with Crippen LogP contribution in [0, 0.1) is 0 Å². The maximum atomic E-state index is 9.35. The van der Waals surface area contributed by atoms with Crippen LogP contribution in [0.2, 0.25) is 5.02 Å². The summed E-state index contributed by atoms with van der Waals surface area (Å²) in [6, 6.07) is 0. The summed E-state index contributed by atoms with van der Waals surface area (Å²) >= 11 is 5.67. The van der Waals surface area contributed by atoms with Gasteiger partial charge in [-0.2, -0.15) is 0 Å². The molecule has 0 aromatic heterocycles. The number of rotatable bonds is 0. The normalized spacial score (nSPS) is 15.3. The topological polar surface area (TPSA) is 68.2 Å². The number of phenolic OH excluding ortho intramolecular Hbond substituents is 2. The third-order valence-electron chi connectivity index (χ3n) is 1.90. The van der Waals surface area contributed by atoms with Crippen molar-refractivity contribution in [3.05, 3.63) is 5.02 Å². The van der Waals surface area contributed by atoms with Crippen molar-refractivity contribution < 1.29 is 24.2 Å². The van der Waals surface area contributed by atoms with Crippen LogP contribution in [-0.2, 0) is 0 Å². The molecule has 5 nitrogen and oxygen atoms in total. The van der Waals surface area contributed by atoms with Crippen molar-refractivity contribution in [1.29, 1.82) is 0 Å². The molecule has 66 valence electrons. The second-order valence-electron chi connectivity index (χ2n) is 2.64. The Morgan fingerprint density at radius 1 is 0.923 bits per heavy atom. The van der Waals surface area contributed by atoms with Crippen LogP contribution in [0.15, 0.2) is 0 Å². The van der Waals surface area contributed by atoms with Crippen molar-refractivity contribution in [3.8, 4) is 28.7 Å². The average Bonchev–Trinajstić information content (AvgIpc) is 2.70. The van der Waals surface area contributed by atoms with Gasteiger partial charge in [0.05, 0.1) is 0 Å². The van der Waals surface area contributed by atoms with Gasteiger partial charge in [-0.15, -0.1) is 0 Å². The molecule has 2 bridgehead atoms. The van der Waals surface area contributed by atoms with Crippen LogP contribution in [0.4, 0.5) is 0 Å². The molecule has 0 amide bonds. The summed E-state index contributed by atoms with van der Waals surface area (Å²) in [4.78, 5) is 0. The third-order valence-corrected chi connectivity index (χ3v) is 2.25. The van der Waals surface area contributed by atoms with E-state index < -0.39 is 18.8 Å². The molecule has 13 heavy (non-hydrogen) atoms. The van der Waals surface area contributed by atoms with Gasteiger partial charge in [0, 0.05) is 0 Å². The van der Waals surface area contributed by atoms with Crippen LogP contribution < -0.4 is 14.0 Å². The van der Waals surface area contributed by atoms with Gasteiger partial charge in [-0.05, 0) is 0 Å². The molecule has 0 aliphatic carbocycles. The lowest BCUT2D eigenvalue weighted by Crippen LogP contribution is -2.29. The Labute approximate surface area is 77.6 Å². The zero-order valence-corrected chi connectivity index (χ0v) is 6.83. The molecule has 1 aromatic carbocycles. The summed E-state index contributed by atoms with van der Waals surface area (Å²) in [5.74, 6) is -0.351. The number of aromatic hydroxyl groups is 2. The Kier molecular flexibility index (Phi) is 1.03. The van der Waals surface area contributed by atoms with E-state index in [1.54, 1.807) is 0 Å². The highest BCUT2D eigenvalue weighted by molar-refractivity contribution is 6.45. The molecule has 1 aromatic rings. The van der Waals surface area contributed by atoms with Gasteiger partial charge in [-0.1, -0.05) is 11.6 Å². The Morgan fingerprint density at radius 3 is 2.23 bits per heavy atom. The first-order valence-electron chi connectivity index (χ1n) is 3.46. The van der Waals surface area contributed by atoms with E-state index in [2.05, 4.69) is 0 Å². The van der Waals surface area contributed by atoms with Crippen LogP contribution >= 0.6 is 11.6 Å². The SMILES string of the molecule is Oc1c(O)c2c3c(c1Cl)OB(O2)O3. The molecule has 0 atom stereocenters. The van der Waals surface area contributed by atoms with Gasteiger partial charge in [0.2, 0.25) is 5.75 Å². The number of hydrogen-bond acceptors (Lipinski definition) is 5. The minimum atomic E-state index is -0.885. The van der Waals surface area contributed by atoms with E-state index in [1.165, 1.54) is 0 Å². The fourth-order valence-corrected chi connectivity index (χ4v) is 1.53. The molecule has 7 heteroatoms. The largest absolute Gasteiger partial charge is 0.864 e. The molecule has 2 aliphatic rings. The zero-order chi connectivity index (χ0) is 9.16. The third kappa shape index (κ3) is 0.650. The van der Waals surface area contributed by atoms with Gasteiger partial charge < -0.3 is 24.2 Å². The van der Waals surface area contributed by atoms with Crippen LogP contribution in [0.5, 0.6) is 28.7 Å². The van der Waals surface area contributed by atoms with Gasteiger partial charge in [0.25, 0.3) is 0 Å². The van der Waals surface area contributed by atoms with E-state index in [4.69, 9.17) is 25.6 Å². The standard InChI is InChI=1S/C6H2BClO5/c8-1-2(9)3(10)5-6-4(1)11-7(12-5)13-6/h9-10H. The lowest BCUT2D eigenvalue weighted by atomic mass is 10.2. The predicted octanol–water partition coefficient (Wildman–Crippen LogP) is 0.900. The summed E-state index contributed by atoms with van der Waals surface area (Å²) in [5, 5.41) is 18.6. The smallest absolute Gasteiger partial charge is 0.503 e. The zero-order valence-electron chi connectivity index (χ0n) is 6.07. The lowest BCUT2D eigenvalue weighted by Gasteiger charge is -2.12. The first kappa shape index (κ1) is 7.02. The summed E-state index contributed by atoms with van der Waals surface area (Å²) in [6.07, 6.45) is 0. The molecule has 3 rings (SSSR count). The van der Waals surface area contributed by atoms with Crippen molar-refractivity contribution in [2.24, 2.45) is 0 Å². The van der Waals surface area contributed by atoms with Gasteiger partial charge in [-0.3, -0.25) is 0 Å². The average molecular weight is 200 g/mol. The fourth-order valence-electron chi connectivity index (χ4n) is 1.31. The predicted molar refractivity (Wildman–Crippen MR) is 42.4 cm³/mol. The molecule has 2 heterocycles. The lowest BCUT2D eigenvalue weighted by molar-refractivity contribution is 0.348. The summed E-state index contributed by atoms with van der Waals surface area (Å²) in [7, 11) is -0.885. The molecule has 2 aliphatic heterocycles. The Morgan fingerprint density at radius 2 is 1.54 bits per heavy atom. The monoisotopic (exact) mass is 200 g/mol. The van der Waals surface area contributed by atoms with Gasteiger partial charge >= 0.3 is 7.32 Å². The van der Waals surface area contributed by atoms with E-state index in [1.807, 2.05) is 0 Å². The molecule has 0 fully saturated rings. The van der Waals surface area contributed by atoms with Crippen molar-refractivity contribution in [2.45, 2.75) is 0 Å². The molecular formula is C6H2BClO5.